The van der Waals surface area contributed by atoms with E-state index in [1.165, 1.54) is 0 Å². The number of aromatic nitrogens is 1. The molecule has 0 aliphatic carbocycles. The van der Waals surface area contributed by atoms with E-state index in [2.05, 4.69) is 27.5 Å². The van der Waals surface area contributed by atoms with Gasteiger partial charge in [0.05, 0.1) is 19.3 Å². The number of pyridine rings is 1. The van der Waals surface area contributed by atoms with Gasteiger partial charge in [0.2, 0.25) is 5.88 Å². The van der Waals surface area contributed by atoms with Crippen molar-refractivity contribution in [1.82, 2.24) is 15.6 Å². The summed E-state index contributed by atoms with van der Waals surface area (Å²) in [6, 6.07) is 13.5. The molecule has 0 saturated heterocycles. The van der Waals surface area contributed by atoms with Crippen LogP contribution in [-0.4, -0.2) is 35.7 Å². The molecule has 0 fully saturated rings. The predicted octanol–water partition coefficient (Wildman–Crippen LogP) is 3.67. The van der Waals surface area contributed by atoms with Crippen molar-refractivity contribution in [3.05, 3.63) is 59.8 Å². The van der Waals surface area contributed by atoms with E-state index in [9.17, 15) is 5.11 Å². The summed E-state index contributed by atoms with van der Waals surface area (Å²) in [7, 11) is 0. The number of nitrogens with zero attached hydrogens (tertiary/aromatic N) is 2. The average molecular weight is 498 g/mol. The van der Waals surface area contributed by atoms with Crippen LogP contribution in [0, 0.1) is 0 Å². The Kier molecular flexibility index (Phi) is 12.2. The van der Waals surface area contributed by atoms with Gasteiger partial charge in [-0.3, -0.25) is 0 Å². The van der Waals surface area contributed by atoms with Crippen LogP contribution in [0.1, 0.15) is 43.9 Å². The molecule has 1 aromatic carbocycles. The minimum atomic E-state index is -0.485. The van der Waals surface area contributed by atoms with Crippen LogP contribution < -0.4 is 15.4 Å². The highest BCUT2D eigenvalue weighted by molar-refractivity contribution is 14.0. The Morgan fingerprint density at radius 2 is 1.93 bits per heavy atom. The van der Waals surface area contributed by atoms with Crippen LogP contribution >= 0.6 is 24.0 Å². The van der Waals surface area contributed by atoms with Gasteiger partial charge < -0.3 is 20.5 Å². The maximum Gasteiger partial charge on any atom is 0.213 e. The molecule has 2 aromatic rings. The first kappa shape index (κ1) is 24.2. The normalized spacial score (nSPS) is 12.0. The average Bonchev–Trinajstić information content (AvgIpc) is 2.71. The van der Waals surface area contributed by atoms with Crippen molar-refractivity contribution in [2.45, 2.75) is 39.3 Å². The van der Waals surface area contributed by atoms with Gasteiger partial charge in [-0.1, -0.05) is 43.3 Å². The topological polar surface area (TPSA) is 78.8 Å². The Morgan fingerprint density at radius 3 is 2.57 bits per heavy atom. The SMILES string of the molecule is CCCOc1ccc(CN=C(NCC)NCCC(O)c2ccccc2)cn1.I. The molecule has 0 amide bonds. The molecule has 1 aromatic heterocycles. The van der Waals surface area contributed by atoms with Crippen LogP contribution in [0.4, 0.5) is 0 Å². The van der Waals surface area contributed by atoms with Crippen LogP contribution in [0.2, 0.25) is 0 Å². The second kappa shape index (κ2) is 14.2. The fourth-order valence-electron chi connectivity index (χ4n) is 2.48. The number of ether oxygens (including phenoxy) is 1. The van der Waals surface area contributed by atoms with E-state index in [4.69, 9.17) is 4.74 Å². The molecule has 6 nitrogen and oxygen atoms in total. The van der Waals surface area contributed by atoms with Crippen molar-refractivity contribution in [3.8, 4) is 5.88 Å². The molecule has 1 atom stereocenters. The Morgan fingerprint density at radius 1 is 1.14 bits per heavy atom. The monoisotopic (exact) mass is 498 g/mol. The summed E-state index contributed by atoms with van der Waals surface area (Å²) < 4.78 is 5.49. The van der Waals surface area contributed by atoms with E-state index >= 15 is 0 Å². The molecule has 3 N–H and O–H groups in total. The zero-order valence-corrected chi connectivity index (χ0v) is 18.9. The largest absolute Gasteiger partial charge is 0.478 e. The Balaban J connectivity index is 0.00000392. The number of hydrogen-bond acceptors (Lipinski definition) is 4. The van der Waals surface area contributed by atoms with Crippen LogP contribution in [0.3, 0.4) is 0 Å². The highest BCUT2D eigenvalue weighted by atomic mass is 127. The summed E-state index contributed by atoms with van der Waals surface area (Å²) in [6.45, 7) is 6.69. The number of halogens is 1. The number of nitrogens with one attached hydrogen (secondary N) is 2. The predicted molar refractivity (Wildman–Crippen MR) is 124 cm³/mol. The molecule has 2 rings (SSSR count). The first-order valence-corrected chi connectivity index (χ1v) is 9.55. The lowest BCUT2D eigenvalue weighted by Crippen LogP contribution is -2.38. The molecule has 0 aliphatic rings. The first-order valence-electron chi connectivity index (χ1n) is 9.55. The lowest BCUT2D eigenvalue weighted by molar-refractivity contribution is 0.168. The number of benzene rings is 1. The third kappa shape index (κ3) is 8.88. The van der Waals surface area contributed by atoms with E-state index in [1.807, 2.05) is 49.4 Å². The van der Waals surface area contributed by atoms with Crippen LogP contribution in [0.25, 0.3) is 0 Å². The van der Waals surface area contributed by atoms with E-state index in [-0.39, 0.29) is 24.0 Å². The molecule has 0 radical (unpaired) electrons. The summed E-state index contributed by atoms with van der Waals surface area (Å²) in [4.78, 5) is 8.87. The molecule has 28 heavy (non-hydrogen) atoms. The number of aliphatic hydroxyl groups is 1. The molecule has 1 unspecified atom stereocenters. The maximum atomic E-state index is 10.2. The van der Waals surface area contributed by atoms with Crippen LogP contribution in [0.15, 0.2) is 53.7 Å². The van der Waals surface area contributed by atoms with Gasteiger partial charge in [-0.25, -0.2) is 9.98 Å². The minimum Gasteiger partial charge on any atom is -0.478 e. The lowest BCUT2D eigenvalue weighted by atomic mass is 10.1. The van der Waals surface area contributed by atoms with E-state index in [0.717, 1.165) is 30.1 Å². The molecule has 7 heteroatoms. The number of hydrogen-bond donors (Lipinski definition) is 3. The van der Waals surface area contributed by atoms with Crippen molar-refractivity contribution < 1.29 is 9.84 Å². The number of rotatable bonds is 10. The summed E-state index contributed by atoms with van der Waals surface area (Å²) in [5.41, 5.74) is 1.94. The highest BCUT2D eigenvalue weighted by Crippen LogP contribution is 2.14. The van der Waals surface area contributed by atoms with Gasteiger partial charge in [0.1, 0.15) is 0 Å². The van der Waals surface area contributed by atoms with E-state index in [1.54, 1.807) is 6.20 Å². The quantitative estimate of drug-likeness (QED) is 0.265. The van der Waals surface area contributed by atoms with Gasteiger partial charge in [-0.15, -0.1) is 24.0 Å². The fraction of sp³-hybridized carbons (Fsp3) is 0.429. The van der Waals surface area contributed by atoms with Crippen molar-refractivity contribution >= 4 is 29.9 Å². The summed E-state index contributed by atoms with van der Waals surface area (Å²) in [5, 5.41) is 16.7. The molecular weight excluding hydrogens is 467 g/mol. The lowest BCUT2D eigenvalue weighted by Gasteiger charge is -2.14. The highest BCUT2D eigenvalue weighted by Gasteiger charge is 2.07. The van der Waals surface area contributed by atoms with Crippen LogP contribution in [0.5, 0.6) is 5.88 Å². The Bertz CT molecular complexity index is 681. The van der Waals surface area contributed by atoms with Gasteiger partial charge in [0.15, 0.2) is 5.96 Å². The number of aliphatic hydroxyl groups excluding tert-OH is 1. The standard InChI is InChI=1S/C21H30N4O2.HI/c1-3-14-27-20-11-10-17(15-24-20)16-25-21(22-4-2)23-13-12-19(26)18-8-6-5-7-9-18;/h5-11,15,19,26H,3-4,12-14,16H2,1-2H3,(H2,22,23,25);1H. The first-order chi connectivity index (χ1) is 13.2. The molecule has 0 aliphatic heterocycles. The zero-order valence-electron chi connectivity index (χ0n) is 16.6. The van der Waals surface area contributed by atoms with Crippen molar-refractivity contribution in [2.24, 2.45) is 4.99 Å². The van der Waals surface area contributed by atoms with Gasteiger partial charge >= 0.3 is 0 Å². The fourth-order valence-corrected chi connectivity index (χ4v) is 2.48. The minimum absolute atomic E-state index is 0. The summed E-state index contributed by atoms with van der Waals surface area (Å²) in [6.07, 6.45) is 2.88. The van der Waals surface area contributed by atoms with Gasteiger partial charge in [0.25, 0.3) is 0 Å². The van der Waals surface area contributed by atoms with Gasteiger partial charge in [-0.05, 0) is 30.9 Å². The molecular formula is C21H31IN4O2. The second-order valence-corrected chi connectivity index (χ2v) is 6.19. The van der Waals surface area contributed by atoms with Crippen LogP contribution in [-0.2, 0) is 6.54 Å². The smallest absolute Gasteiger partial charge is 0.213 e. The molecule has 0 saturated carbocycles. The third-order valence-electron chi connectivity index (χ3n) is 3.91. The van der Waals surface area contributed by atoms with Gasteiger partial charge in [0, 0.05) is 25.4 Å². The summed E-state index contributed by atoms with van der Waals surface area (Å²) >= 11 is 0. The maximum absolute atomic E-state index is 10.2. The Labute approximate surface area is 184 Å². The van der Waals surface area contributed by atoms with Crippen molar-refractivity contribution in [2.75, 3.05) is 19.7 Å². The second-order valence-electron chi connectivity index (χ2n) is 6.19. The van der Waals surface area contributed by atoms with Crippen molar-refractivity contribution in [3.63, 3.8) is 0 Å². The molecule has 0 spiro atoms. The van der Waals surface area contributed by atoms with Gasteiger partial charge in [-0.2, -0.15) is 0 Å². The molecule has 154 valence electrons. The summed E-state index contributed by atoms with van der Waals surface area (Å²) in [5.74, 6) is 1.37. The van der Waals surface area contributed by atoms with E-state index in [0.29, 0.717) is 32.0 Å². The third-order valence-corrected chi connectivity index (χ3v) is 3.91. The van der Waals surface area contributed by atoms with E-state index < -0.39 is 6.10 Å². The molecule has 1 heterocycles. The Hall–Kier alpha value is -1.87. The zero-order chi connectivity index (χ0) is 19.3. The van der Waals surface area contributed by atoms with Crippen molar-refractivity contribution in [1.29, 1.82) is 0 Å². The number of aliphatic imine (C=N–C) groups is 1. The molecule has 0 bridgehead atoms. The number of guanidine groups is 1.